The Kier molecular flexibility index (Phi) is 4.26. The molecule has 1 aliphatic heterocycles. The minimum Gasteiger partial charge on any atom is -0.311 e. The van der Waals surface area contributed by atoms with Crippen LogP contribution >= 0.6 is 11.6 Å². The highest BCUT2D eigenvalue weighted by atomic mass is 35.5. The first-order chi connectivity index (χ1) is 9.95. The Bertz CT molecular complexity index is 493. The van der Waals surface area contributed by atoms with E-state index in [4.69, 9.17) is 11.6 Å². The van der Waals surface area contributed by atoms with Gasteiger partial charge in [-0.1, -0.05) is 32.4 Å². The van der Waals surface area contributed by atoms with E-state index in [1.807, 2.05) is 6.20 Å². The fourth-order valence-electron chi connectivity index (χ4n) is 3.43. The molecule has 4 heteroatoms. The molecule has 0 amide bonds. The number of nitrogens with zero attached hydrogens (tertiary/aromatic N) is 2. The standard InChI is InChI=1S/C17H26ClN3/c1-17(2,3)16-9-20-15(12-4-5-12)11-21(16)10-13-6-7-19-8-14(13)18/h6-8,12,15-16,20H,4-5,9-11H2,1-3H3. The van der Waals surface area contributed by atoms with E-state index in [1.54, 1.807) is 6.20 Å². The fraction of sp³-hybridized carbons (Fsp3) is 0.706. The highest BCUT2D eigenvalue weighted by molar-refractivity contribution is 6.31. The van der Waals surface area contributed by atoms with Crippen molar-refractivity contribution in [3.63, 3.8) is 0 Å². The molecule has 21 heavy (non-hydrogen) atoms. The third-order valence-corrected chi connectivity index (χ3v) is 5.21. The van der Waals surface area contributed by atoms with E-state index in [0.29, 0.717) is 12.1 Å². The van der Waals surface area contributed by atoms with Crippen molar-refractivity contribution in [1.29, 1.82) is 0 Å². The van der Waals surface area contributed by atoms with Crippen molar-refractivity contribution in [2.75, 3.05) is 13.1 Å². The summed E-state index contributed by atoms with van der Waals surface area (Å²) in [5.74, 6) is 0.890. The largest absolute Gasteiger partial charge is 0.311 e. The second-order valence-corrected chi connectivity index (χ2v) is 8.04. The van der Waals surface area contributed by atoms with Crippen molar-refractivity contribution in [3.8, 4) is 0 Å². The number of rotatable bonds is 3. The minimum atomic E-state index is 0.265. The second-order valence-electron chi connectivity index (χ2n) is 7.63. The molecule has 2 fully saturated rings. The molecule has 0 bridgehead atoms. The van der Waals surface area contributed by atoms with Gasteiger partial charge < -0.3 is 5.32 Å². The molecule has 2 aliphatic rings. The normalized spacial score (nSPS) is 27.8. The monoisotopic (exact) mass is 307 g/mol. The van der Waals surface area contributed by atoms with Gasteiger partial charge in [-0.25, -0.2) is 0 Å². The molecule has 1 aliphatic carbocycles. The Morgan fingerprint density at radius 1 is 1.38 bits per heavy atom. The molecule has 2 heterocycles. The number of halogens is 1. The van der Waals surface area contributed by atoms with E-state index in [0.717, 1.165) is 30.6 Å². The van der Waals surface area contributed by atoms with Crippen LogP contribution in [0.25, 0.3) is 0 Å². The molecule has 116 valence electrons. The Morgan fingerprint density at radius 3 is 2.76 bits per heavy atom. The summed E-state index contributed by atoms with van der Waals surface area (Å²) >= 11 is 6.31. The van der Waals surface area contributed by atoms with Crippen LogP contribution < -0.4 is 5.32 Å². The van der Waals surface area contributed by atoms with E-state index in [-0.39, 0.29) is 5.41 Å². The van der Waals surface area contributed by atoms with Gasteiger partial charge >= 0.3 is 0 Å². The van der Waals surface area contributed by atoms with E-state index in [2.05, 4.69) is 42.0 Å². The van der Waals surface area contributed by atoms with E-state index in [9.17, 15) is 0 Å². The number of nitrogens with one attached hydrogen (secondary N) is 1. The lowest BCUT2D eigenvalue weighted by Crippen LogP contribution is -2.60. The van der Waals surface area contributed by atoms with Crippen LogP contribution in [0.5, 0.6) is 0 Å². The Balaban J connectivity index is 1.77. The first-order valence-electron chi connectivity index (χ1n) is 8.01. The van der Waals surface area contributed by atoms with Gasteiger partial charge in [0.15, 0.2) is 0 Å². The van der Waals surface area contributed by atoms with Crippen molar-refractivity contribution in [1.82, 2.24) is 15.2 Å². The van der Waals surface area contributed by atoms with Crippen LogP contribution in [0, 0.1) is 11.3 Å². The van der Waals surface area contributed by atoms with Gasteiger partial charge in [-0.15, -0.1) is 0 Å². The highest BCUT2D eigenvalue weighted by Gasteiger charge is 2.40. The molecule has 1 aromatic rings. The predicted octanol–water partition coefficient (Wildman–Crippen LogP) is 3.33. The molecular weight excluding hydrogens is 282 g/mol. The van der Waals surface area contributed by atoms with Gasteiger partial charge in [-0.3, -0.25) is 9.88 Å². The Morgan fingerprint density at radius 2 is 2.14 bits per heavy atom. The zero-order valence-electron chi connectivity index (χ0n) is 13.3. The highest BCUT2D eigenvalue weighted by Crippen LogP contribution is 2.37. The molecular formula is C17H26ClN3. The number of pyridine rings is 1. The zero-order valence-corrected chi connectivity index (χ0v) is 14.0. The van der Waals surface area contributed by atoms with Crippen LogP contribution in [0.15, 0.2) is 18.5 Å². The summed E-state index contributed by atoms with van der Waals surface area (Å²) in [5.41, 5.74) is 1.46. The lowest BCUT2D eigenvalue weighted by molar-refractivity contribution is 0.0449. The SMILES string of the molecule is CC(C)(C)C1CNC(C2CC2)CN1Cc1ccncc1Cl. The maximum absolute atomic E-state index is 6.31. The maximum atomic E-state index is 6.31. The van der Waals surface area contributed by atoms with Gasteiger partial charge in [0.2, 0.25) is 0 Å². The average molecular weight is 308 g/mol. The van der Waals surface area contributed by atoms with Gasteiger partial charge in [0.05, 0.1) is 5.02 Å². The van der Waals surface area contributed by atoms with Gasteiger partial charge in [0.25, 0.3) is 0 Å². The van der Waals surface area contributed by atoms with E-state index < -0.39 is 0 Å². The van der Waals surface area contributed by atoms with Crippen LogP contribution in [-0.4, -0.2) is 35.1 Å². The second kappa shape index (κ2) is 5.86. The summed E-state index contributed by atoms with van der Waals surface area (Å²) in [6.45, 7) is 10.1. The molecule has 2 atom stereocenters. The van der Waals surface area contributed by atoms with Crippen LogP contribution in [-0.2, 0) is 6.54 Å². The number of aromatic nitrogens is 1. The third-order valence-electron chi connectivity index (χ3n) is 4.87. The lowest BCUT2D eigenvalue weighted by atomic mass is 9.83. The smallest absolute Gasteiger partial charge is 0.0634 e. The quantitative estimate of drug-likeness (QED) is 0.928. The number of hydrogen-bond donors (Lipinski definition) is 1. The molecule has 1 saturated carbocycles. The third kappa shape index (κ3) is 3.58. The molecule has 2 unspecified atom stereocenters. The van der Waals surface area contributed by atoms with Crippen molar-refractivity contribution >= 4 is 11.6 Å². The lowest BCUT2D eigenvalue weighted by Gasteiger charge is -2.46. The van der Waals surface area contributed by atoms with E-state index >= 15 is 0 Å². The molecule has 0 radical (unpaired) electrons. The van der Waals surface area contributed by atoms with Crippen molar-refractivity contribution in [2.45, 2.75) is 52.2 Å². The topological polar surface area (TPSA) is 28.2 Å². The summed E-state index contributed by atoms with van der Waals surface area (Å²) in [4.78, 5) is 6.72. The van der Waals surface area contributed by atoms with Gasteiger partial charge in [-0.05, 0) is 35.8 Å². The summed E-state index contributed by atoms with van der Waals surface area (Å²) in [5, 5.41) is 4.56. The summed E-state index contributed by atoms with van der Waals surface area (Å²) < 4.78 is 0. The molecule has 1 N–H and O–H groups in total. The summed E-state index contributed by atoms with van der Waals surface area (Å²) in [6.07, 6.45) is 6.38. The summed E-state index contributed by atoms with van der Waals surface area (Å²) in [7, 11) is 0. The Labute approximate surface area is 133 Å². The van der Waals surface area contributed by atoms with Gasteiger partial charge in [-0.2, -0.15) is 0 Å². The number of hydrogen-bond acceptors (Lipinski definition) is 3. The first-order valence-corrected chi connectivity index (χ1v) is 8.39. The molecule has 0 aromatic carbocycles. The van der Waals surface area contributed by atoms with Gasteiger partial charge in [0.1, 0.15) is 0 Å². The maximum Gasteiger partial charge on any atom is 0.0634 e. The van der Waals surface area contributed by atoms with Crippen LogP contribution in [0.1, 0.15) is 39.2 Å². The van der Waals surface area contributed by atoms with Crippen LogP contribution in [0.2, 0.25) is 5.02 Å². The van der Waals surface area contributed by atoms with Crippen LogP contribution in [0.3, 0.4) is 0 Å². The molecule has 1 aromatic heterocycles. The fourth-order valence-corrected chi connectivity index (χ4v) is 3.61. The summed E-state index contributed by atoms with van der Waals surface area (Å²) in [6, 6.07) is 3.25. The molecule has 3 nitrogen and oxygen atoms in total. The van der Waals surface area contributed by atoms with Gasteiger partial charge in [0, 0.05) is 44.1 Å². The minimum absolute atomic E-state index is 0.265. The molecule has 1 saturated heterocycles. The Hall–Kier alpha value is -0.640. The molecule has 0 spiro atoms. The van der Waals surface area contributed by atoms with E-state index in [1.165, 1.54) is 18.4 Å². The van der Waals surface area contributed by atoms with Crippen molar-refractivity contribution < 1.29 is 0 Å². The van der Waals surface area contributed by atoms with Crippen molar-refractivity contribution in [2.24, 2.45) is 11.3 Å². The zero-order chi connectivity index (χ0) is 15.0. The number of piperazine rings is 1. The van der Waals surface area contributed by atoms with Crippen molar-refractivity contribution in [3.05, 3.63) is 29.0 Å². The predicted molar refractivity (Wildman–Crippen MR) is 87.4 cm³/mol. The molecule has 3 rings (SSSR count). The van der Waals surface area contributed by atoms with Crippen LogP contribution in [0.4, 0.5) is 0 Å². The first kappa shape index (κ1) is 15.3. The average Bonchev–Trinajstić information content (AvgIpc) is 3.24.